The second-order valence-corrected chi connectivity index (χ2v) is 9.49. The monoisotopic (exact) mass is 300 g/mol. The van der Waals surface area contributed by atoms with Gasteiger partial charge < -0.3 is 5.01 Å². The molecule has 2 nitrogen and oxygen atoms in total. The molecule has 22 heavy (non-hydrogen) atoms. The summed E-state index contributed by atoms with van der Waals surface area (Å²) in [6.07, 6.45) is 3.75. The summed E-state index contributed by atoms with van der Waals surface area (Å²) in [5.74, 6) is 6.69. The van der Waals surface area contributed by atoms with Gasteiger partial charge in [-0.1, -0.05) is 60.1 Å². The van der Waals surface area contributed by atoms with Crippen molar-refractivity contribution in [2.24, 2.45) is 11.3 Å². The summed E-state index contributed by atoms with van der Waals surface area (Å²) >= 11 is 0. The van der Waals surface area contributed by atoms with Gasteiger partial charge in [-0.3, -0.25) is 0 Å². The molecule has 0 spiro atoms. The van der Waals surface area contributed by atoms with Crippen LogP contribution in [-0.2, 0) is 10.8 Å². The number of hydrogen-bond donors (Lipinski definition) is 1. The van der Waals surface area contributed by atoms with Crippen molar-refractivity contribution in [3.05, 3.63) is 29.3 Å². The number of nitrogens with zero attached hydrogens (tertiary/aromatic N) is 1. The van der Waals surface area contributed by atoms with Gasteiger partial charge in [-0.05, 0) is 47.8 Å². The maximum atomic E-state index is 6.69. The Bertz CT molecular complexity index is 611. The minimum atomic E-state index is -0.0307. The van der Waals surface area contributed by atoms with Crippen LogP contribution in [0.5, 0.6) is 0 Å². The number of fused-ring (bicyclic) bond motifs is 3. The standard InChI is InChI=1S/C20H32N2/c1-17(2,3)14-9-10-16-15(13-14)19(6)12-8-11-18(4,5)20(19,7)22(16)21/h9-10,13H,8,11-12,21H2,1-7H3. The van der Waals surface area contributed by atoms with Crippen molar-refractivity contribution in [1.29, 1.82) is 0 Å². The molecule has 3 rings (SSSR count). The number of nitrogens with two attached hydrogens (primary N) is 1. The van der Waals surface area contributed by atoms with Gasteiger partial charge in [0.25, 0.3) is 0 Å². The van der Waals surface area contributed by atoms with Crippen molar-refractivity contribution in [1.82, 2.24) is 0 Å². The van der Waals surface area contributed by atoms with Crippen molar-refractivity contribution in [3.63, 3.8) is 0 Å². The Morgan fingerprint density at radius 2 is 1.68 bits per heavy atom. The van der Waals surface area contributed by atoms with Crippen molar-refractivity contribution < 1.29 is 0 Å². The van der Waals surface area contributed by atoms with Gasteiger partial charge in [-0.25, -0.2) is 5.84 Å². The molecular weight excluding hydrogens is 268 g/mol. The van der Waals surface area contributed by atoms with E-state index in [1.165, 1.54) is 36.1 Å². The van der Waals surface area contributed by atoms with Gasteiger partial charge in [0.05, 0.1) is 11.2 Å². The van der Waals surface area contributed by atoms with Crippen LogP contribution in [0.3, 0.4) is 0 Å². The van der Waals surface area contributed by atoms with E-state index in [4.69, 9.17) is 5.84 Å². The predicted molar refractivity (Wildman–Crippen MR) is 95.2 cm³/mol. The highest BCUT2D eigenvalue weighted by atomic mass is 15.5. The van der Waals surface area contributed by atoms with E-state index in [0.29, 0.717) is 0 Å². The van der Waals surface area contributed by atoms with E-state index in [9.17, 15) is 0 Å². The summed E-state index contributed by atoms with van der Waals surface area (Å²) < 4.78 is 0. The Hall–Kier alpha value is -1.02. The lowest BCUT2D eigenvalue weighted by molar-refractivity contribution is 0.0408. The summed E-state index contributed by atoms with van der Waals surface area (Å²) in [5.41, 5.74) is 4.57. The molecule has 1 heterocycles. The van der Waals surface area contributed by atoms with Gasteiger partial charge in [-0.2, -0.15) is 0 Å². The number of rotatable bonds is 0. The maximum absolute atomic E-state index is 6.69. The van der Waals surface area contributed by atoms with Crippen LogP contribution in [0.15, 0.2) is 18.2 Å². The normalized spacial score (nSPS) is 33.5. The molecule has 2 atom stereocenters. The minimum absolute atomic E-state index is 0.0307. The third-order valence-corrected chi connectivity index (χ3v) is 7.07. The summed E-state index contributed by atoms with van der Waals surface area (Å²) in [7, 11) is 0. The average Bonchev–Trinajstić information content (AvgIpc) is 2.58. The number of hydrogen-bond acceptors (Lipinski definition) is 2. The molecule has 1 saturated carbocycles. The zero-order valence-corrected chi connectivity index (χ0v) is 15.4. The average molecular weight is 300 g/mol. The Kier molecular flexibility index (Phi) is 3.09. The lowest BCUT2D eigenvalue weighted by Crippen LogP contribution is -2.67. The van der Waals surface area contributed by atoms with Crippen LogP contribution in [0.2, 0.25) is 0 Å². The van der Waals surface area contributed by atoms with E-state index in [-0.39, 0.29) is 21.8 Å². The van der Waals surface area contributed by atoms with Crippen LogP contribution in [0.1, 0.15) is 78.9 Å². The van der Waals surface area contributed by atoms with E-state index in [1.54, 1.807) is 0 Å². The summed E-state index contributed by atoms with van der Waals surface area (Å²) in [6.45, 7) is 16.5. The number of anilines is 1. The van der Waals surface area contributed by atoms with Crippen LogP contribution in [-0.4, -0.2) is 5.54 Å². The van der Waals surface area contributed by atoms with Crippen molar-refractivity contribution in [2.45, 2.75) is 84.1 Å². The van der Waals surface area contributed by atoms with E-state index in [1.807, 2.05) is 0 Å². The molecule has 0 bridgehead atoms. The topological polar surface area (TPSA) is 29.3 Å². The van der Waals surface area contributed by atoms with Crippen molar-refractivity contribution in [3.8, 4) is 0 Å². The Labute approximate surface area is 136 Å². The molecule has 2 heteroatoms. The predicted octanol–water partition coefficient (Wildman–Crippen LogP) is 4.90. The molecule has 1 aliphatic heterocycles. The van der Waals surface area contributed by atoms with Crippen LogP contribution < -0.4 is 10.9 Å². The molecule has 1 aromatic carbocycles. The molecule has 0 radical (unpaired) electrons. The molecular formula is C20H32N2. The minimum Gasteiger partial charge on any atom is -0.304 e. The highest BCUT2D eigenvalue weighted by Crippen LogP contribution is 2.63. The van der Waals surface area contributed by atoms with Gasteiger partial charge in [0.2, 0.25) is 0 Å². The first-order valence-corrected chi connectivity index (χ1v) is 8.65. The van der Waals surface area contributed by atoms with Crippen LogP contribution in [0.4, 0.5) is 5.69 Å². The molecule has 0 saturated heterocycles. The molecule has 2 N–H and O–H groups in total. The smallest absolute Gasteiger partial charge is 0.0678 e. The molecule has 1 aromatic rings. The van der Waals surface area contributed by atoms with E-state index >= 15 is 0 Å². The summed E-state index contributed by atoms with van der Waals surface area (Å²) in [4.78, 5) is 0. The highest BCUT2D eigenvalue weighted by Gasteiger charge is 2.64. The van der Waals surface area contributed by atoms with Crippen molar-refractivity contribution in [2.75, 3.05) is 5.01 Å². The highest BCUT2D eigenvalue weighted by molar-refractivity contribution is 5.68. The Morgan fingerprint density at radius 3 is 2.27 bits per heavy atom. The van der Waals surface area contributed by atoms with Gasteiger partial charge in [0, 0.05) is 5.41 Å². The second-order valence-electron chi connectivity index (χ2n) is 9.49. The first-order valence-electron chi connectivity index (χ1n) is 8.65. The zero-order valence-electron chi connectivity index (χ0n) is 15.4. The zero-order chi connectivity index (χ0) is 16.6. The maximum Gasteiger partial charge on any atom is 0.0678 e. The van der Waals surface area contributed by atoms with E-state index in [2.05, 4.69) is 71.7 Å². The molecule has 2 aliphatic rings. The van der Waals surface area contributed by atoms with Crippen LogP contribution in [0, 0.1) is 5.41 Å². The fourth-order valence-electron chi connectivity index (χ4n) is 5.00. The first kappa shape index (κ1) is 15.9. The lowest BCUT2D eigenvalue weighted by Gasteiger charge is -2.58. The molecule has 0 aromatic heterocycles. The molecule has 122 valence electrons. The van der Waals surface area contributed by atoms with Gasteiger partial charge in [-0.15, -0.1) is 0 Å². The molecule has 1 aliphatic carbocycles. The van der Waals surface area contributed by atoms with E-state index in [0.717, 1.165) is 0 Å². The van der Waals surface area contributed by atoms with Crippen LogP contribution >= 0.6 is 0 Å². The van der Waals surface area contributed by atoms with Crippen LogP contribution in [0.25, 0.3) is 0 Å². The second kappa shape index (κ2) is 4.29. The number of hydrazine groups is 1. The first-order chi connectivity index (χ1) is 9.95. The van der Waals surface area contributed by atoms with Crippen molar-refractivity contribution >= 4 is 5.69 Å². The third kappa shape index (κ3) is 1.71. The largest absolute Gasteiger partial charge is 0.304 e. The molecule has 2 unspecified atom stereocenters. The summed E-state index contributed by atoms with van der Waals surface area (Å²) in [6, 6.07) is 6.94. The lowest BCUT2D eigenvalue weighted by atomic mass is 9.51. The Balaban J connectivity index is 2.24. The van der Waals surface area contributed by atoms with Gasteiger partial charge in [0.1, 0.15) is 0 Å². The Morgan fingerprint density at radius 1 is 1.05 bits per heavy atom. The summed E-state index contributed by atoms with van der Waals surface area (Å²) in [5, 5.41) is 2.09. The van der Waals surface area contributed by atoms with Gasteiger partial charge >= 0.3 is 0 Å². The SMILES string of the molecule is CC(C)(C)c1ccc2c(c1)C1(C)CCCC(C)(C)C1(C)N2N. The fourth-order valence-corrected chi connectivity index (χ4v) is 5.00. The quantitative estimate of drug-likeness (QED) is 0.690. The fraction of sp³-hybridized carbons (Fsp3) is 0.700. The molecule has 0 amide bonds. The van der Waals surface area contributed by atoms with E-state index < -0.39 is 0 Å². The number of benzene rings is 1. The van der Waals surface area contributed by atoms with Gasteiger partial charge in [0.15, 0.2) is 0 Å². The third-order valence-electron chi connectivity index (χ3n) is 7.07. The molecule has 1 fully saturated rings.